The molecule has 1 aromatic heterocycles. The number of nitrogens with zero attached hydrogens (tertiary/aromatic N) is 4. The molecule has 1 aromatic rings. The van der Waals surface area contributed by atoms with Gasteiger partial charge in [-0.15, -0.1) is 0 Å². The van der Waals surface area contributed by atoms with Crippen LogP contribution in [0.15, 0.2) is 9.52 Å². The van der Waals surface area contributed by atoms with E-state index in [0.717, 1.165) is 51.9 Å². The zero-order valence-corrected chi connectivity index (χ0v) is 13.5. The lowest BCUT2D eigenvalue weighted by Crippen LogP contribution is -2.40. The minimum atomic E-state index is 0.647. The second-order valence-electron chi connectivity index (χ2n) is 5.13. The van der Waals surface area contributed by atoms with Crippen LogP contribution in [0.1, 0.15) is 18.6 Å². The average Bonchev–Trinajstić information content (AvgIpc) is 2.94. The third-order valence-electron chi connectivity index (χ3n) is 3.34. The molecule has 0 radical (unpaired) electrons. The molecule has 1 fully saturated rings. The fraction of sp³-hybridized carbons (Fsp3) is 0.786. The normalized spacial score (nSPS) is 16.7. The molecule has 2 heterocycles. The third kappa shape index (κ3) is 5.98. The smallest absolute Gasteiger partial charge is 0.228 e. The fourth-order valence-electron chi connectivity index (χ4n) is 2.20. The number of aliphatic imine (C=N–C) groups is 1. The van der Waals surface area contributed by atoms with E-state index in [0.29, 0.717) is 24.7 Å². The average molecular weight is 310 g/mol. The highest BCUT2D eigenvalue weighted by molar-refractivity contribution is 5.79. The molecule has 0 bridgehead atoms. The number of hydrogen-bond donors (Lipinski definition) is 2. The highest BCUT2D eigenvalue weighted by Gasteiger charge is 2.09. The Balaban J connectivity index is 1.69. The molecule has 1 aliphatic heterocycles. The first-order valence-electron chi connectivity index (χ1n) is 7.89. The molecule has 0 aliphatic carbocycles. The van der Waals surface area contributed by atoms with E-state index in [2.05, 4.69) is 37.6 Å². The fourth-order valence-corrected chi connectivity index (χ4v) is 2.20. The van der Waals surface area contributed by atoms with Crippen molar-refractivity contribution in [3.63, 3.8) is 0 Å². The van der Waals surface area contributed by atoms with Gasteiger partial charge in [-0.3, -0.25) is 9.89 Å². The molecule has 1 saturated heterocycles. The van der Waals surface area contributed by atoms with Crippen LogP contribution in [0.25, 0.3) is 0 Å². The second-order valence-corrected chi connectivity index (χ2v) is 5.13. The van der Waals surface area contributed by atoms with E-state index in [1.165, 1.54) is 0 Å². The Kier molecular flexibility index (Phi) is 7.11. The number of morpholine rings is 1. The van der Waals surface area contributed by atoms with Gasteiger partial charge in [-0.05, 0) is 13.8 Å². The van der Waals surface area contributed by atoms with Crippen LogP contribution in [0.4, 0.5) is 0 Å². The molecule has 8 heteroatoms. The molecule has 0 atom stereocenters. The van der Waals surface area contributed by atoms with E-state index < -0.39 is 0 Å². The largest absolute Gasteiger partial charge is 0.379 e. The maximum Gasteiger partial charge on any atom is 0.228 e. The summed E-state index contributed by atoms with van der Waals surface area (Å²) in [6, 6.07) is 0. The Bertz CT molecular complexity index is 456. The number of aryl methyl sites for hydroxylation is 1. The van der Waals surface area contributed by atoms with Crippen LogP contribution in [0.2, 0.25) is 0 Å². The Morgan fingerprint density at radius 2 is 2.14 bits per heavy atom. The summed E-state index contributed by atoms with van der Waals surface area (Å²) in [5, 5.41) is 10.3. The SMILES string of the molecule is CCNC(=NCCN1CCOCC1)NCCc1nc(C)no1. The molecule has 124 valence electrons. The van der Waals surface area contributed by atoms with Crippen LogP contribution in [0, 0.1) is 6.92 Å². The topological polar surface area (TPSA) is 87.8 Å². The minimum absolute atomic E-state index is 0.647. The predicted molar refractivity (Wildman–Crippen MR) is 84.0 cm³/mol. The molecule has 1 aliphatic rings. The predicted octanol–water partition coefficient (Wildman–Crippen LogP) is -0.192. The van der Waals surface area contributed by atoms with Gasteiger partial charge >= 0.3 is 0 Å². The lowest BCUT2D eigenvalue weighted by Gasteiger charge is -2.25. The summed E-state index contributed by atoms with van der Waals surface area (Å²) in [5.74, 6) is 2.14. The van der Waals surface area contributed by atoms with E-state index in [1.807, 2.05) is 6.92 Å². The highest BCUT2D eigenvalue weighted by atomic mass is 16.5. The Labute approximate surface area is 131 Å². The molecule has 8 nitrogen and oxygen atoms in total. The number of guanidine groups is 1. The number of rotatable bonds is 7. The summed E-state index contributed by atoms with van der Waals surface area (Å²) >= 11 is 0. The van der Waals surface area contributed by atoms with Crippen molar-refractivity contribution in [3.8, 4) is 0 Å². The number of nitrogens with one attached hydrogen (secondary N) is 2. The van der Waals surface area contributed by atoms with Crippen molar-refractivity contribution in [1.29, 1.82) is 0 Å². The minimum Gasteiger partial charge on any atom is -0.379 e. The van der Waals surface area contributed by atoms with Crippen molar-refractivity contribution in [3.05, 3.63) is 11.7 Å². The van der Waals surface area contributed by atoms with Crippen LogP contribution in [-0.2, 0) is 11.2 Å². The molecule has 0 saturated carbocycles. The first kappa shape index (κ1) is 16.7. The van der Waals surface area contributed by atoms with Gasteiger partial charge in [0.2, 0.25) is 5.89 Å². The van der Waals surface area contributed by atoms with Gasteiger partial charge in [0.15, 0.2) is 11.8 Å². The monoisotopic (exact) mass is 310 g/mol. The van der Waals surface area contributed by atoms with E-state index in [1.54, 1.807) is 0 Å². The van der Waals surface area contributed by atoms with Gasteiger partial charge in [0.25, 0.3) is 0 Å². The Morgan fingerprint density at radius 1 is 1.32 bits per heavy atom. The summed E-state index contributed by atoms with van der Waals surface area (Å²) in [6.07, 6.45) is 0.689. The molecule has 0 amide bonds. The molecule has 2 N–H and O–H groups in total. The van der Waals surface area contributed by atoms with Crippen molar-refractivity contribution in [2.24, 2.45) is 4.99 Å². The second kappa shape index (κ2) is 9.37. The van der Waals surface area contributed by atoms with Crippen LogP contribution in [-0.4, -0.2) is 73.5 Å². The maximum absolute atomic E-state index is 5.34. The lowest BCUT2D eigenvalue weighted by atomic mass is 10.4. The van der Waals surface area contributed by atoms with Crippen molar-refractivity contribution >= 4 is 5.96 Å². The molecule has 0 aromatic carbocycles. The van der Waals surface area contributed by atoms with E-state index in [-0.39, 0.29) is 0 Å². The van der Waals surface area contributed by atoms with Gasteiger partial charge in [0.1, 0.15) is 0 Å². The van der Waals surface area contributed by atoms with Gasteiger partial charge in [0.05, 0.1) is 19.8 Å². The zero-order valence-electron chi connectivity index (χ0n) is 13.5. The number of hydrogen-bond acceptors (Lipinski definition) is 6. The van der Waals surface area contributed by atoms with Gasteiger partial charge < -0.3 is 19.9 Å². The van der Waals surface area contributed by atoms with E-state index in [9.17, 15) is 0 Å². The summed E-state index contributed by atoms with van der Waals surface area (Å²) in [6.45, 7) is 10.8. The molecule has 0 spiro atoms. The van der Waals surface area contributed by atoms with Crippen LogP contribution < -0.4 is 10.6 Å². The van der Waals surface area contributed by atoms with Crippen LogP contribution in [0.3, 0.4) is 0 Å². The van der Waals surface area contributed by atoms with E-state index >= 15 is 0 Å². The molecule has 2 rings (SSSR count). The van der Waals surface area contributed by atoms with Gasteiger partial charge in [-0.25, -0.2) is 0 Å². The lowest BCUT2D eigenvalue weighted by molar-refractivity contribution is 0.0394. The summed E-state index contributed by atoms with van der Waals surface area (Å²) < 4.78 is 10.4. The van der Waals surface area contributed by atoms with Crippen LogP contribution in [0.5, 0.6) is 0 Å². The van der Waals surface area contributed by atoms with Gasteiger partial charge in [-0.2, -0.15) is 4.98 Å². The van der Waals surface area contributed by atoms with Gasteiger partial charge in [0, 0.05) is 39.1 Å². The standard InChI is InChI=1S/C14H26N6O2/c1-3-15-14(16-5-4-13-18-12(2)19-22-13)17-6-7-20-8-10-21-11-9-20/h3-11H2,1-2H3,(H2,15,16,17). The summed E-state index contributed by atoms with van der Waals surface area (Å²) in [5.41, 5.74) is 0. The van der Waals surface area contributed by atoms with Crippen LogP contribution >= 0.6 is 0 Å². The quantitative estimate of drug-likeness (QED) is 0.533. The molecular formula is C14H26N6O2. The Hall–Kier alpha value is -1.67. The third-order valence-corrected chi connectivity index (χ3v) is 3.34. The zero-order chi connectivity index (χ0) is 15.6. The highest BCUT2D eigenvalue weighted by Crippen LogP contribution is 1.96. The number of ether oxygens (including phenoxy) is 1. The first-order valence-corrected chi connectivity index (χ1v) is 7.89. The molecular weight excluding hydrogens is 284 g/mol. The Morgan fingerprint density at radius 3 is 2.82 bits per heavy atom. The van der Waals surface area contributed by atoms with Crippen molar-refractivity contribution < 1.29 is 9.26 Å². The molecule has 22 heavy (non-hydrogen) atoms. The van der Waals surface area contributed by atoms with Crippen molar-refractivity contribution in [2.75, 3.05) is 52.5 Å². The van der Waals surface area contributed by atoms with Crippen molar-refractivity contribution in [1.82, 2.24) is 25.7 Å². The first-order chi connectivity index (χ1) is 10.8. The maximum atomic E-state index is 5.34. The molecule has 0 unspecified atom stereocenters. The number of aromatic nitrogens is 2. The van der Waals surface area contributed by atoms with Crippen molar-refractivity contribution in [2.45, 2.75) is 20.3 Å². The van der Waals surface area contributed by atoms with Gasteiger partial charge in [-0.1, -0.05) is 5.16 Å². The van der Waals surface area contributed by atoms with E-state index in [4.69, 9.17) is 9.26 Å². The summed E-state index contributed by atoms with van der Waals surface area (Å²) in [4.78, 5) is 11.1. The summed E-state index contributed by atoms with van der Waals surface area (Å²) in [7, 11) is 0.